The van der Waals surface area contributed by atoms with Crippen LogP contribution < -0.4 is 0 Å². The van der Waals surface area contributed by atoms with Crippen LogP contribution in [0.2, 0.25) is 0 Å². The number of amides is 2. The summed E-state index contributed by atoms with van der Waals surface area (Å²) in [6.07, 6.45) is 0.659. The van der Waals surface area contributed by atoms with Crippen LogP contribution >= 0.6 is 0 Å². The fourth-order valence-corrected chi connectivity index (χ4v) is 2.12. The van der Waals surface area contributed by atoms with E-state index in [4.69, 9.17) is 0 Å². The summed E-state index contributed by atoms with van der Waals surface area (Å²) < 4.78 is 4.68. The van der Waals surface area contributed by atoms with Crippen LogP contribution in [0.15, 0.2) is 0 Å². The highest BCUT2D eigenvalue weighted by Crippen LogP contribution is 2.33. The van der Waals surface area contributed by atoms with Crippen molar-refractivity contribution in [2.45, 2.75) is 40.5 Å². The second-order valence-corrected chi connectivity index (χ2v) is 6.27. The average Bonchev–Trinajstić information content (AvgIpc) is 2.21. The lowest BCUT2D eigenvalue weighted by Gasteiger charge is -2.37. The van der Waals surface area contributed by atoms with Crippen LogP contribution in [0.4, 0.5) is 0 Å². The summed E-state index contributed by atoms with van der Waals surface area (Å²) >= 11 is 0. The van der Waals surface area contributed by atoms with Gasteiger partial charge in [-0.1, -0.05) is 13.8 Å². The van der Waals surface area contributed by atoms with E-state index in [0.717, 1.165) is 0 Å². The third-order valence-electron chi connectivity index (χ3n) is 3.15. The molecule has 0 aliphatic carbocycles. The van der Waals surface area contributed by atoms with Crippen molar-refractivity contribution in [1.29, 1.82) is 0 Å². The van der Waals surface area contributed by atoms with E-state index in [1.54, 1.807) is 13.8 Å². The summed E-state index contributed by atoms with van der Waals surface area (Å²) in [7, 11) is 1.30. The molecule has 0 aromatic rings. The minimum absolute atomic E-state index is 0.0768. The fraction of sp³-hybridized carbons (Fsp3) is 0.769. The predicted octanol–water partition coefficient (Wildman–Crippen LogP) is 1.36. The van der Waals surface area contributed by atoms with Gasteiger partial charge in [0.2, 0.25) is 11.8 Å². The van der Waals surface area contributed by atoms with Crippen LogP contribution in [-0.2, 0) is 19.1 Å². The molecule has 1 aliphatic rings. The third kappa shape index (κ3) is 3.09. The van der Waals surface area contributed by atoms with Crippen molar-refractivity contribution < 1.29 is 19.1 Å². The van der Waals surface area contributed by atoms with Crippen molar-refractivity contribution in [3.05, 3.63) is 0 Å². The molecule has 0 atom stereocenters. The number of likely N-dealkylation sites (tertiary alicyclic amines) is 1. The largest absolute Gasteiger partial charge is 0.469 e. The Labute approximate surface area is 107 Å². The van der Waals surface area contributed by atoms with Gasteiger partial charge in [-0.25, -0.2) is 0 Å². The molecular formula is C13H21NO4. The molecule has 0 saturated carbocycles. The average molecular weight is 255 g/mol. The molecule has 1 aliphatic heterocycles. The van der Waals surface area contributed by atoms with Crippen molar-refractivity contribution in [1.82, 2.24) is 4.90 Å². The molecule has 5 nitrogen and oxygen atoms in total. The Morgan fingerprint density at radius 3 is 2.11 bits per heavy atom. The molecule has 0 aromatic carbocycles. The number of hydrogen-bond acceptors (Lipinski definition) is 4. The SMILES string of the molecule is COC(=O)C(C)(C)CN1C(=O)CC(C)(C)CC1=O. The summed E-state index contributed by atoms with van der Waals surface area (Å²) in [5.41, 5.74) is -1.17. The topological polar surface area (TPSA) is 63.7 Å². The van der Waals surface area contributed by atoms with Crippen molar-refractivity contribution in [3.8, 4) is 0 Å². The van der Waals surface area contributed by atoms with E-state index in [2.05, 4.69) is 4.74 Å². The molecule has 5 heteroatoms. The van der Waals surface area contributed by atoms with Gasteiger partial charge in [-0.15, -0.1) is 0 Å². The smallest absolute Gasteiger partial charge is 0.313 e. The van der Waals surface area contributed by atoms with E-state index < -0.39 is 11.4 Å². The van der Waals surface area contributed by atoms with Gasteiger partial charge in [-0.05, 0) is 19.3 Å². The van der Waals surface area contributed by atoms with Gasteiger partial charge in [0.25, 0.3) is 0 Å². The predicted molar refractivity (Wildman–Crippen MR) is 65.5 cm³/mol. The van der Waals surface area contributed by atoms with E-state index in [1.165, 1.54) is 12.0 Å². The zero-order chi connectivity index (χ0) is 14.1. The summed E-state index contributed by atoms with van der Waals surface area (Å²) in [6.45, 7) is 7.20. The van der Waals surface area contributed by atoms with Gasteiger partial charge in [0.1, 0.15) is 0 Å². The van der Waals surface area contributed by atoms with Gasteiger partial charge in [0.05, 0.1) is 12.5 Å². The van der Waals surface area contributed by atoms with E-state index in [-0.39, 0.29) is 23.8 Å². The van der Waals surface area contributed by atoms with Gasteiger partial charge in [-0.3, -0.25) is 19.3 Å². The lowest BCUT2D eigenvalue weighted by Crippen LogP contribution is -2.51. The van der Waals surface area contributed by atoms with Crippen LogP contribution in [0.25, 0.3) is 0 Å². The Bertz CT molecular complexity index is 364. The van der Waals surface area contributed by atoms with Crippen molar-refractivity contribution >= 4 is 17.8 Å². The third-order valence-corrected chi connectivity index (χ3v) is 3.15. The quantitative estimate of drug-likeness (QED) is 0.564. The minimum atomic E-state index is -0.873. The molecule has 1 rings (SSSR count). The zero-order valence-corrected chi connectivity index (χ0v) is 11.7. The summed E-state index contributed by atoms with van der Waals surface area (Å²) in [5.74, 6) is -0.852. The Balaban J connectivity index is 2.83. The highest BCUT2D eigenvalue weighted by molar-refractivity contribution is 5.99. The number of esters is 1. The molecule has 1 fully saturated rings. The summed E-state index contributed by atoms with van der Waals surface area (Å²) in [6, 6.07) is 0. The lowest BCUT2D eigenvalue weighted by molar-refractivity contribution is -0.159. The van der Waals surface area contributed by atoms with Crippen molar-refractivity contribution in [3.63, 3.8) is 0 Å². The van der Waals surface area contributed by atoms with Gasteiger partial charge in [0, 0.05) is 19.4 Å². The number of carbonyl (C=O) groups excluding carboxylic acids is 3. The number of piperidine rings is 1. The van der Waals surface area contributed by atoms with Crippen LogP contribution in [0.5, 0.6) is 0 Å². The Morgan fingerprint density at radius 1 is 1.28 bits per heavy atom. The maximum absolute atomic E-state index is 12.0. The maximum atomic E-state index is 12.0. The van der Waals surface area contributed by atoms with Gasteiger partial charge < -0.3 is 4.74 Å². The van der Waals surface area contributed by atoms with E-state index in [0.29, 0.717) is 12.8 Å². The van der Waals surface area contributed by atoms with Crippen LogP contribution in [0.1, 0.15) is 40.5 Å². The number of ether oxygens (including phenoxy) is 1. The van der Waals surface area contributed by atoms with E-state index >= 15 is 0 Å². The fourth-order valence-electron chi connectivity index (χ4n) is 2.12. The molecule has 0 N–H and O–H groups in total. The first-order chi connectivity index (χ1) is 8.09. The second kappa shape index (κ2) is 4.71. The number of carbonyl (C=O) groups is 3. The number of hydrogen-bond donors (Lipinski definition) is 0. The van der Waals surface area contributed by atoms with Crippen molar-refractivity contribution in [2.75, 3.05) is 13.7 Å². The Morgan fingerprint density at radius 2 is 1.72 bits per heavy atom. The molecule has 0 radical (unpaired) electrons. The van der Waals surface area contributed by atoms with Gasteiger partial charge >= 0.3 is 5.97 Å². The van der Waals surface area contributed by atoms with Crippen molar-refractivity contribution in [2.24, 2.45) is 10.8 Å². The monoisotopic (exact) mass is 255 g/mol. The number of methoxy groups -OCH3 is 1. The van der Waals surface area contributed by atoms with E-state index in [1.807, 2.05) is 13.8 Å². The van der Waals surface area contributed by atoms with E-state index in [9.17, 15) is 14.4 Å². The second-order valence-electron chi connectivity index (χ2n) is 6.27. The highest BCUT2D eigenvalue weighted by atomic mass is 16.5. The molecule has 2 amide bonds. The molecule has 102 valence electrons. The molecule has 0 bridgehead atoms. The maximum Gasteiger partial charge on any atom is 0.313 e. The number of imide groups is 1. The Kier molecular flexibility index (Phi) is 3.84. The highest BCUT2D eigenvalue weighted by Gasteiger charge is 2.41. The zero-order valence-electron chi connectivity index (χ0n) is 11.7. The number of rotatable bonds is 3. The molecule has 1 heterocycles. The molecule has 0 spiro atoms. The van der Waals surface area contributed by atoms with Gasteiger partial charge in [0.15, 0.2) is 0 Å². The molecule has 0 unspecified atom stereocenters. The molecule has 18 heavy (non-hydrogen) atoms. The number of nitrogens with zero attached hydrogens (tertiary/aromatic N) is 1. The molecule has 0 aromatic heterocycles. The molecular weight excluding hydrogens is 234 g/mol. The normalized spacial score (nSPS) is 19.9. The van der Waals surface area contributed by atoms with Crippen LogP contribution in [0, 0.1) is 10.8 Å². The minimum Gasteiger partial charge on any atom is -0.469 e. The molecule has 1 saturated heterocycles. The first-order valence-electron chi connectivity index (χ1n) is 6.01. The van der Waals surface area contributed by atoms with Gasteiger partial charge in [-0.2, -0.15) is 0 Å². The standard InChI is InChI=1S/C13H21NO4/c1-12(2)6-9(15)14(10(16)7-12)8-13(3,4)11(17)18-5/h6-8H2,1-5H3. The van der Waals surface area contributed by atoms with Crippen LogP contribution in [-0.4, -0.2) is 36.3 Å². The van der Waals surface area contributed by atoms with Crippen LogP contribution in [0.3, 0.4) is 0 Å². The first-order valence-corrected chi connectivity index (χ1v) is 6.01. The Hall–Kier alpha value is -1.39. The first kappa shape index (κ1) is 14.7. The lowest BCUT2D eigenvalue weighted by atomic mass is 9.80. The summed E-state index contributed by atoms with van der Waals surface area (Å²) in [5, 5.41) is 0. The summed E-state index contributed by atoms with van der Waals surface area (Å²) in [4.78, 5) is 36.7.